The third kappa shape index (κ3) is 3.75. The highest BCUT2D eigenvalue weighted by molar-refractivity contribution is 7.99. The molecular formula is C14H18ClN3OS. The van der Waals surface area contributed by atoms with E-state index in [4.69, 9.17) is 21.9 Å². The first-order valence-electron chi connectivity index (χ1n) is 6.56. The summed E-state index contributed by atoms with van der Waals surface area (Å²) in [5, 5.41) is 5.15. The number of nitrogens with two attached hydrogens (primary N) is 1. The molecule has 108 valence electrons. The van der Waals surface area contributed by atoms with Crippen LogP contribution in [0.1, 0.15) is 43.6 Å². The Morgan fingerprint density at radius 1 is 1.40 bits per heavy atom. The van der Waals surface area contributed by atoms with Gasteiger partial charge in [0.05, 0.1) is 5.75 Å². The number of hydrogen-bond acceptors (Lipinski definition) is 5. The summed E-state index contributed by atoms with van der Waals surface area (Å²) in [7, 11) is 0. The van der Waals surface area contributed by atoms with Gasteiger partial charge in [-0.05, 0) is 18.1 Å². The molecule has 0 radical (unpaired) electrons. The van der Waals surface area contributed by atoms with Crippen LogP contribution in [0.5, 0.6) is 0 Å². The van der Waals surface area contributed by atoms with Crippen molar-refractivity contribution in [2.75, 3.05) is 0 Å². The summed E-state index contributed by atoms with van der Waals surface area (Å²) in [4.78, 5) is 4.35. The number of thioether (sulfide) groups is 1. The Balaban J connectivity index is 2.07. The standard InChI is InChI=1S/C14H18ClN3OS/c1-3-9(2)20-8-12-17-14(19-18-12)13(16)10-6-4-5-7-11(10)15/h4-7,9,13H,3,8,16H2,1-2H3/t9?,13-/m1/s1. The molecule has 0 amide bonds. The average molecular weight is 312 g/mol. The quantitative estimate of drug-likeness (QED) is 0.879. The lowest BCUT2D eigenvalue weighted by molar-refractivity contribution is 0.363. The fraction of sp³-hybridized carbons (Fsp3) is 0.429. The van der Waals surface area contributed by atoms with Gasteiger partial charge >= 0.3 is 0 Å². The van der Waals surface area contributed by atoms with Crippen molar-refractivity contribution < 1.29 is 4.52 Å². The summed E-state index contributed by atoms with van der Waals surface area (Å²) < 4.78 is 5.24. The van der Waals surface area contributed by atoms with Crippen molar-refractivity contribution in [3.8, 4) is 0 Å². The molecule has 1 aromatic carbocycles. The lowest BCUT2D eigenvalue weighted by Gasteiger charge is -2.08. The van der Waals surface area contributed by atoms with Gasteiger partial charge in [-0.3, -0.25) is 0 Å². The monoisotopic (exact) mass is 311 g/mol. The van der Waals surface area contributed by atoms with Crippen LogP contribution >= 0.6 is 23.4 Å². The zero-order valence-electron chi connectivity index (χ0n) is 11.5. The summed E-state index contributed by atoms with van der Waals surface area (Å²) in [5.41, 5.74) is 6.92. The second kappa shape index (κ2) is 7.11. The maximum Gasteiger partial charge on any atom is 0.248 e. The molecule has 1 heterocycles. The molecule has 20 heavy (non-hydrogen) atoms. The lowest BCUT2D eigenvalue weighted by Crippen LogP contribution is -2.12. The van der Waals surface area contributed by atoms with Crippen LogP contribution in [-0.4, -0.2) is 15.4 Å². The summed E-state index contributed by atoms with van der Waals surface area (Å²) in [6.07, 6.45) is 1.12. The van der Waals surface area contributed by atoms with Crippen LogP contribution in [0.2, 0.25) is 5.02 Å². The molecule has 2 rings (SSSR count). The highest BCUT2D eigenvalue weighted by atomic mass is 35.5. The van der Waals surface area contributed by atoms with Crippen LogP contribution in [0.25, 0.3) is 0 Å². The van der Waals surface area contributed by atoms with Gasteiger partial charge in [-0.1, -0.05) is 48.8 Å². The van der Waals surface area contributed by atoms with Gasteiger partial charge < -0.3 is 10.3 Å². The van der Waals surface area contributed by atoms with E-state index < -0.39 is 6.04 Å². The summed E-state index contributed by atoms with van der Waals surface area (Å²) in [6.45, 7) is 4.34. The van der Waals surface area contributed by atoms with E-state index in [9.17, 15) is 0 Å². The van der Waals surface area contributed by atoms with Gasteiger partial charge in [0.25, 0.3) is 0 Å². The van der Waals surface area contributed by atoms with Crippen LogP contribution in [0.3, 0.4) is 0 Å². The van der Waals surface area contributed by atoms with Gasteiger partial charge in [0.2, 0.25) is 5.89 Å². The zero-order chi connectivity index (χ0) is 14.5. The molecule has 1 aromatic heterocycles. The predicted molar refractivity (Wildman–Crippen MR) is 82.8 cm³/mol. The molecule has 0 saturated heterocycles. The van der Waals surface area contributed by atoms with Crippen LogP contribution in [0, 0.1) is 0 Å². The summed E-state index contributed by atoms with van der Waals surface area (Å²) in [6, 6.07) is 6.92. The second-order valence-corrected chi connectivity index (χ2v) is 6.41. The first-order chi connectivity index (χ1) is 9.61. The van der Waals surface area contributed by atoms with E-state index in [-0.39, 0.29) is 0 Å². The molecule has 6 heteroatoms. The minimum absolute atomic E-state index is 0.401. The first kappa shape index (κ1) is 15.4. The number of rotatable bonds is 6. The third-order valence-electron chi connectivity index (χ3n) is 3.06. The molecule has 4 nitrogen and oxygen atoms in total. The van der Waals surface area contributed by atoms with Crippen molar-refractivity contribution in [1.82, 2.24) is 10.1 Å². The van der Waals surface area contributed by atoms with Crippen molar-refractivity contribution in [2.24, 2.45) is 5.73 Å². The molecule has 1 unspecified atom stereocenters. The Morgan fingerprint density at radius 2 is 2.15 bits per heavy atom. The highest BCUT2D eigenvalue weighted by Gasteiger charge is 2.19. The van der Waals surface area contributed by atoms with Crippen molar-refractivity contribution in [3.63, 3.8) is 0 Å². The van der Waals surface area contributed by atoms with Crippen LogP contribution in [0.4, 0.5) is 0 Å². The molecule has 0 spiro atoms. The number of benzene rings is 1. The number of halogens is 1. The van der Waals surface area contributed by atoms with Crippen LogP contribution < -0.4 is 5.73 Å². The topological polar surface area (TPSA) is 64.9 Å². The largest absolute Gasteiger partial charge is 0.337 e. The molecule has 2 atom stereocenters. The summed E-state index contributed by atoms with van der Waals surface area (Å²) in [5.74, 6) is 1.80. The van der Waals surface area contributed by atoms with E-state index in [1.165, 1.54) is 0 Å². The smallest absolute Gasteiger partial charge is 0.248 e. The molecule has 2 N–H and O–H groups in total. The molecule has 0 bridgehead atoms. The van der Waals surface area contributed by atoms with Crippen molar-refractivity contribution in [2.45, 2.75) is 37.3 Å². The van der Waals surface area contributed by atoms with E-state index in [1.54, 1.807) is 17.8 Å². The van der Waals surface area contributed by atoms with Crippen molar-refractivity contribution in [1.29, 1.82) is 0 Å². The fourth-order valence-corrected chi connectivity index (χ4v) is 2.69. The molecule has 0 aliphatic heterocycles. The molecular weight excluding hydrogens is 294 g/mol. The first-order valence-corrected chi connectivity index (χ1v) is 7.98. The SMILES string of the molecule is CCC(C)SCc1noc([C@H](N)c2ccccc2Cl)n1. The van der Waals surface area contributed by atoms with E-state index in [0.29, 0.717) is 22.0 Å². The number of aromatic nitrogens is 2. The Labute approximate surface area is 128 Å². The minimum atomic E-state index is -0.487. The molecule has 0 aliphatic rings. The predicted octanol–water partition coefficient (Wildman–Crippen LogP) is 3.80. The van der Waals surface area contributed by atoms with Crippen LogP contribution in [-0.2, 0) is 5.75 Å². The van der Waals surface area contributed by atoms with E-state index in [0.717, 1.165) is 17.7 Å². The molecule has 0 fully saturated rings. The fourth-order valence-electron chi connectivity index (χ4n) is 1.65. The maximum absolute atomic E-state index is 6.13. The lowest BCUT2D eigenvalue weighted by atomic mass is 10.1. The van der Waals surface area contributed by atoms with Gasteiger partial charge in [-0.25, -0.2) is 0 Å². The van der Waals surface area contributed by atoms with Crippen molar-refractivity contribution in [3.05, 3.63) is 46.6 Å². The molecule has 0 saturated carbocycles. The van der Waals surface area contributed by atoms with Gasteiger partial charge in [0.1, 0.15) is 6.04 Å². The van der Waals surface area contributed by atoms with Gasteiger partial charge in [-0.15, -0.1) is 0 Å². The number of nitrogens with zero attached hydrogens (tertiary/aromatic N) is 2. The Hall–Kier alpha value is -1.04. The molecule has 2 aromatic rings. The molecule has 0 aliphatic carbocycles. The Kier molecular flexibility index (Phi) is 5.46. The van der Waals surface area contributed by atoms with E-state index in [1.807, 2.05) is 18.2 Å². The van der Waals surface area contributed by atoms with Gasteiger partial charge in [0.15, 0.2) is 5.82 Å². The zero-order valence-corrected chi connectivity index (χ0v) is 13.1. The van der Waals surface area contributed by atoms with Gasteiger partial charge in [-0.2, -0.15) is 16.7 Å². The number of hydrogen-bond donors (Lipinski definition) is 1. The maximum atomic E-state index is 6.13. The van der Waals surface area contributed by atoms with E-state index >= 15 is 0 Å². The average Bonchev–Trinajstić information content (AvgIpc) is 2.93. The summed E-state index contributed by atoms with van der Waals surface area (Å²) >= 11 is 7.92. The van der Waals surface area contributed by atoms with E-state index in [2.05, 4.69) is 24.0 Å². The highest BCUT2D eigenvalue weighted by Crippen LogP contribution is 2.26. The Bertz CT molecular complexity index is 561. The van der Waals surface area contributed by atoms with Gasteiger partial charge in [0, 0.05) is 10.3 Å². The third-order valence-corrected chi connectivity index (χ3v) is 4.73. The Morgan fingerprint density at radius 3 is 2.85 bits per heavy atom. The second-order valence-electron chi connectivity index (χ2n) is 4.58. The van der Waals surface area contributed by atoms with Crippen molar-refractivity contribution >= 4 is 23.4 Å². The minimum Gasteiger partial charge on any atom is -0.337 e. The van der Waals surface area contributed by atoms with Crippen LogP contribution in [0.15, 0.2) is 28.8 Å². The normalized spacial score (nSPS) is 14.2.